The number of carbonyl (C=O) groups excluding carboxylic acids is 2. The summed E-state index contributed by atoms with van der Waals surface area (Å²) >= 11 is 1.37. The number of hydrogen-bond acceptors (Lipinski definition) is 5. The summed E-state index contributed by atoms with van der Waals surface area (Å²) in [5.74, 6) is -0.104. The van der Waals surface area contributed by atoms with Crippen LogP contribution in [0.4, 0.5) is 17.1 Å². The first-order valence-corrected chi connectivity index (χ1v) is 11.5. The Bertz CT molecular complexity index is 1180. The van der Waals surface area contributed by atoms with Crippen LogP contribution in [0.1, 0.15) is 29.2 Å². The Labute approximate surface area is 195 Å². The number of rotatable bonds is 8. The van der Waals surface area contributed by atoms with Gasteiger partial charge in [-0.2, -0.15) is 0 Å². The van der Waals surface area contributed by atoms with E-state index in [1.165, 1.54) is 23.9 Å². The molecule has 1 saturated carbocycles. The molecule has 2 amide bonds. The Morgan fingerprint density at radius 3 is 2.33 bits per heavy atom. The van der Waals surface area contributed by atoms with Crippen LogP contribution in [-0.2, 0) is 9.59 Å². The fraction of sp³-hybridized carbons (Fsp3) is 0.200. The average molecular weight is 462 g/mol. The topological polar surface area (TPSA) is 101 Å². The predicted octanol–water partition coefficient (Wildman–Crippen LogP) is 5.72. The third-order valence-corrected chi connectivity index (χ3v) is 6.62. The van der Waals surface area contributed by atoms with Crippen LogP contribution in [0.15, 0.2) is 77.7 Å². The van der Waals surface area contributed by atoms with Crippen LogP contribution < -0.4 is 10.6 Å². The first-order chi connectivity index (χ1) is 15.9. The number of nitro groups is 1. The van der Waals surface area contributed by atoms with Crippen LogP contribution in [0.2, 0.25) is 0 Å². The molecule has 7 nitrogen and oxygen atoms in total. The van der Waals surface area contributed by atoms with Gasteiger partial charge in [0, 0.05) is 28.6 Å². The molecule has 1 fully saturated rings. The normalized spacial score (nSPS) is 13.7. The number of non-ortho nitro benzene ring substituents is 1. The van der Waals surface area contributed by atoms with Crippen LogP contribution in [0, 0.1) is 23.0 Å². The van der Waals surface area contributed by atoms with Gasteiger partial charge in [-0.3, -0.25) is 19.7 Å². The molecule has 3 aromatic rings. The monoisotopic (exact) mass is 461 g/mol. The molecule has 1 aliphatic rings. The smallest absolute Gasteiger partial charge is 0.271 e. The molecule has 3 aromatic carbocycles. The van der Waals surface area contributed by atoms with E-state index in [1.54, 1.807) is 13.0 Å². The van der Waals surface area contributed by atoms with E-state index < -0.39 is 10.2 Å². The molecule has 1 atom stereocenters. The lowest BCUT2D eigenvalue weighted by Gasteiger charge is -2.18. The fourth-order valence-corrected chi connectivity index (χ4v) is 4.32. The Balaban J connectivity index is 1.53. The Morgan fingerprint density at radius 2 is 1.70 bits per heavy atom. The lowest BCUT2D eigenvalue weighted by Crippen LogP contribution is -2.19. The largest absolute Gasteiger partial charge is 0.326 e. The van der Waals surface area contributed by atoms with E-state index in [0.717, 1.165) is 34.6 Å². The molecule has 168 valence electrons. The second kappa shape index (κ2) is 9.87. The lowest BCUT2D eigenvalue weighted by atomic mass is 10.1. The highest BCUT2D eigenvalue weighted by Gasteiger charge is 2.29. The molecule has 0 spiro atoms. The molecular formula is C25H23N3O4S. The molecule has 2 N–H and O–H groups in total. The highest BCUT2D eigenvalue weighted by Crippen LogP contribution is 2.37. The molecule has 0 aliphatic heterocycles. The second-order valence-corrected chi connectivity index (χ2v) is 9.12. The number of amides is 2. The molecule has 1 unspecified atom stereocenters. The van der Waals surface area contributed by atoms with E-state index in [-0.39, 0.29) is 23.4 Å². The lowest BCUT2D eigenvalue weighted by molar-refractivity contribution is -0.384. The number of nitrogens with one attached hydrogen (secondary N) is 2. The minimum atomic E-state index is -0.572. The van der Waals surface area contributed by atoms with Gasteiger partial charge >= 0.3 is 0 Å². The summed E-state index contributed by atoms with van der Waals surface area (Å²) in [6, 6.07) is 21.2. The van der Waals surface area contributed by atoms with E-state index >= 15 is 0 Å². The van der Waals surface area contributed by atoms with Gasteiger partial charge in [0.05, 0.1) is 10.6 Å². The van der Waals surface area contributed by atoms with Crippen molar-refractivity contribution < 1.29 is 14.5 Å². The minimum Gasteiger partial charge on any atom is -0.326 e. The van der Waals surface area contributed by atoms with Crippen LogP contribution in [-0.4, -0.2) is 16.7 Å². The number of anilines is 2. The molecule has 0 saturated heterocycles. The van der Waals surface area contributed by atoms with Crippen molar-refractivity contribution in [3.63, 3.8) is 0 Å². The number of nitro benzene ring substituents is 1. The highest BCUT2D eigenvalue weighted by atomic mass is 32.2. The molecular weight excluding hydrogens is 438 g/mol. The number of thioether (sulfide) groups is 1. The number of aryl methyl sites for hydroxylation is 1. The van der Waals surface area contributed by atoms with Gasteiger partial charge in [-0.1, -0.05) is 36.4 Å². The molecule has 8 heteroatoms. The van der Waals surface area contributed by atoms with Crippen molar-refractivity contribution in [1.82, 2.24) is 0 Å². The maximum atomic E-state index is 13.3. The standard InChI is InChI=1S/C25H23N3O4S/c1-16-7-12-20(28(31)32)15-22(16)27-25(30)23(17-5-3-2-4-6-17)33-21-13-10-19(11-14-21)26-24(29)18-8-9-18/h2-7,10-15,18,23H,8-9H2,1H3,(H,26,29)(H,27,30). The first-order valence-electron chi connectivity index (χ1n) is 10.6. The minimum absolute atomic E-state index is 0.0456. The van der Waals surface area contributed by atoms with Crippen molar-refractivity contribution in [1.29, 1.82) is 0 Å². The van der Waals surface area contributed by atoms with Crippen LogP contribution in [0.25, 0.3) is 0 Å². The Morgan fingerprint density at radius 1 is 1.00 bits per heavy atom. The van der Waals surface area contributed by atoms with Gasteiger partial charge < -0.3 is 10.6 Å². The molecule has 1 aliphatic carbocycles. The van der Waals surface area contributed by atoms with E-state index in [0.29, 0.717) is 5.69 Å². The fourth-order valence-electron chi connectivity index (χ4n) is 3.30. The third kappa shape index (κ3) is 5.78. The van der Waals surface area contributed by atoms with Crippen molar-refractivity contribution >= 4 is 40.6 Å². The van der Waals surface area contributed by atoms with Crippen molar-refractivity contribution in [2.24, 2.45) is 5.92 Å². The summed E-state index contributed by atoms with van der Waals surface area (Å²) < 4.78 is 0. The van der Waals surface area contributed by atoms with Gasteiger partial charge in [-0.15, -0.1) is 11.8 Å². The zero-order valence-electron chi connectivity index (χ0n) is 18.0. The van der Waals surface area contributed by atoms with Crippen molar-refractivity contribution in [2.45, 2.75) is 29.9 Å². The van der Waals surface area contributed by atoms with Gasteiger partial charge in [0.2, 0.25) is 11.8 Å². The van der Waals surface area contributed by atoms with Gasteiger partial charge in [0.1, 0.15) is 5.25 Å². The molecule has 0 bridgehead atoms. The summed E-state index contributed by atoms with van der Waals surface area (Å²) in [5.41, 5.74) is 2.61. The summed E-state index contributed by atoms with van der Waals surface area (Å²) in [6.45, 7) is 1.79. The maximum absolute atomic E-state index is 13.3. The summed E-state index contributed by atoms with van der Waals surface area (Å²) in [4.78, 5) is 36.8. The van der Waals surface area contributed by atoms with Crippen molar-refractivity contribution in [2.75, 3.05) is 10.6 Å². The summed E-state index contributed by atoms with van der Waals surface area (Å²) in [5, 5.41) is 16.3. The van der Waals surface area contributed by atoms with Gasteiger partial charge in [-0.25, -0.2) is 0 Å². The molecule has 4 rings (SSSR count). The molecule has 0 aromatic heterocycles. The molecule has 0 heterocycles. The number of benzene rings is 3. The zero-order valence-corrected chi connectivity index (χ0v) is 18.8. The second-order valence-electron chi connectivity index (χ2n) is 7.94. The van der Waals surface area contributed by atoms with Crippen molar-refractivity contribution in [3.05, 3.63) is 94.0 Å². The first kappa shape index (κ1) is 22.5. The SMILES string of the molecule is Cc1ccc([N+](=O)[O-])cc1NC(=O)C(Sc1ccc(NC(=O)C2CC2)cc1)c1ccccc1. The molecule has 33 heavy (non-hydrogen) atoms. The Kier molecular flexibility index (Phi) is 6.74. The predicted molar refractivity (Wildman–Crippen MR) is 129 cm³/mol. The van der Waals surface area contributed by atoms with Crippen molar-refractivity contribution in [3.8, 4) is 0 Å². The third-order valence-electron chi connectivity index (χ3n) is 5.35. The summed E-state index contributed by atoms with van der Waals surface area (Å²) in [6.07, 6.45) is 1.88. The maximum Gasteiger partial charge on any atom is 0.271 e. The highest BCUT2D eigenvalue weighted by molar-refractivity contribution is 8.00. The van der Waals surface area contributed by atoms with Crippen LogP contribution >= 0.6 is 11.8 Å². The van der Waals surface area contributed by atoms with E-state index in [9.17, 15) is 19.7 Å². The summed E-state index contributed by atoms with van der Waals surface area (Å²) in [7, 11) is 0. The van der Waals surface area contributed by atoms with Gasteiger partial charge in [-0.05, 0) is 55.2 Å². The average Bonchev–Trinajstić information content (AvgIpc) is 3.66. The zero-order chi connectivity index (χ0) is 23.4. The van der Waals surface area contributed by atoms with Gasteiger partial charge in [0.25, 0.3) is 5.69 Å². The van der Waals surface area contributed by atoms with E-state index in [1.807, 2.05) is 54.6 Å². The molecule has 0 radical (unpaired) electrons. The van der Waals surface area contributed by atoms with E-state index in [2.05, 4.69) is 10.6 Å². The van der Waals surface area contributed by atoms with Crippen LogP contribution in [0.5, 0.6) is 0 Å². The van der Waals surface area contributed by atoms with Crippen LogP contribution in [0.3, 0.4) is 0 Å². The number of hydrogen-bond donors (Lipinski definition) is 2. The number of carbonyl (C=O) groups is 2. The number of nitrogens with zero attached hydrogens (tertiary/aromatic N) is 1. The Hall–Kier alpha value is -3.65. The van der Waals surface area contributed by atoms with Gasteiger partial charge in [0.15, 0.2) is 0 Å². The van der Waals surface area contributed by atoms with E-state index in [4.69, 9.17) is 0 Å². The quantitative estimate of drug-likeness (QED) is 0.254.